The monoisotopic (exact) mass is 293 g/mol. The lowest BCUT2D eigenvalue weighted by Gasteiger charge is -2.10. The van der Waals surface area contributed by atoms with Crippen molar-refractivity contribution in [1.82, 2.24) is 0 Å². The van der Waals surface area contributed by atoms with Gasteiger partial charge in [0.15, 0.2) is 0 Å². The second-order valence-corrected chi connectivity index (χ2v) is 4.49. The fourth-order valence-electron chi connectivity index (χ4n) is 1.48. The van der Waals surface area contributed by atoms with Gasteiger partial charge in [0.2, 0.25) is 0 Å². The maximum atomic E-state index is 9.05. The van der Waals surface area contributed by atoms with Crippen LogP contribution in [0.15, 0.2) is 36.4 Å². The number of hydrogen-bond donors (Lipinski definition) is 0. The predicted octanol–water partition coefficient (Wildman–Crippen LogP) is 4.67. The molecule has 0 aliphatic rings. The lowest BCUT2D eigenvalue weighted by molar-refractivity contribution is 0.409. The Kier molecular flexibility index (Phi) is 4.16. The molecule has 0 heterocycles. The van der Waals surface area contributed by atoms with Crippen LogP contribution in [0.5, 0.6) is 17.2 Å². The summed E-state index contributed by atoms with van der Waals surface area (Å²) < 4.78 is 10.7. The van der Waals surface area contributed by atoms with Crippen LogP contribution in [0, 0.1) is 11.3 Å². The Morgan fingerprint density at radius 1 is 1.05 bits per heavy atom. The van der Waals surface area contributed by atoms with Gasteiger partial charge >= 0.3 is 0 Å². The third kappa shape index (κ3) is 3.11. The zero-order valence-electron chi connectivity index (χ0n) is 9.98. The van der Waals surface area contributed by atoms with Crippen LogP contribution in [0.25, 0.3) is 0 Å². The molecule has 0 radical (unpaired) electrons. The lowest BCUT2D eigenvalue weighted by atomic mass is 10.2. The quantitative estimate of drug-likeness (QED) is 0.826. The van der Waals surface area contributed by atoms with Gasteiger partial charge in [-0.25, -0.2) is 0 Å². The molecule has 5 heteroatoms. The first-order valence-corrected chi connectivity index (χ1v) is 6.10. The molecule has 0 saturated carbocycles. The van der Waals surface area contributed by atoms with Gasteiger partial charge in [0.25, 0.3) is 0 Å². The lowest BCUT2D eigenvalue weighted by Crippen LogP contribution is -1.91. The van der Waals surface area contributed by atoms with Crippen molar-refractivity contribution in [3.05, 3.63) is 52.0 Å². The van der Waals surface area contributed by atoms with Gasteiger partial charge in [0.05, 0.1) is 17.7 Å². The van der Waals surface area contributed by atoms with Crippen LogP contribution in [0.3, 0.4) is 0 Å². The van der Waals surface area contributed by atoms with Crippen molar-refractivity contribution in [3.8, 4) is 23.3 Å². The van der Waals surface area contributed by atoms with Gasteiger partial charge in [-0.05, 0) is 30.3 Å². The average Bonchev–Trinajstić information content (AvgIpc) is 2.41. The summed E-state index contributed by atoms with van der Waals surface area (Å²) in [4.78, 5) is 0. The van der Waals surface area contributed by atoms with Gasteiger partial charge in [-0.1, -0.05) is 23.2 Å². The van der Waals surface area contributed by atoms with E-state index in [0.29, 0.717) is 32.9 Å². The summed E-state index contributed by atoms with van der Waals surface area (Å²) in [6.45, 7) is 0. The van der Waals surface area contributed by atoms with Crippen LogP contribution < -0.4 is 9.47 Å². The highest BCUT2D eigenvalue weighted by atomic mass is 35.5. The Balaban J connectivity index is 2.39. The zero-order chi connectivity index (χ0) is 13.8. The van der Waals surface area contributed by atoms with Crippen molar-refractivity contribution in [2.75, 3.05) is 7.11 Å². The first kappa shape index (κ1) is 13.5. The topological polar surface area (TPSA) is 42.2 Å². The number of rotatable bonds is 3. The highest BCUT2D eigenvalue weighted by Crippen LogP contribution is 2.34. The Bertz CT molecular complexity index is 650. The molecule has 96 valence electrons. The van der Waals surface area contributed by atoms with Gasteiger partial charge in [-0.15, -0.1) is 0 Å². The Labute approximate surface area is 120 Å². The summed E-state index contributed by atoms with van der Waals surface area (Å²) in [5.74, 6) is 1.40. The molecule has 0 spiro atoms. The molecule has 2 rings (SSSR count). The largest absolute Gasteiger partial charge is 0.497 e. The molecular formula is C14H9Cl2NO2. The zero-order valence-corrected chi connectivity index (χ0v) is 11.5. The normalized spacial score (nSPS) is 9.79. The van der Waals surface area contributed by atoms with Crippen LogP contribution in [-0.2, 0) is 0 Å². The second-order valence-electron chi connectivity index (χ2n) is 3.65. The van der Waals surface area contributed by atoms with Crippen molar-refractivity contribution < 1.29 is 9.47 Å². The van der Waals surface area contributed by atoms with E-state index in [9.17, 15) is 0 Å². The average molecular weight is 294 g/mol. The summed E-state index contributed by atoms with van der Waals surface area (Å²) in [7, 11) is 1.54. The Morgan fingerprint density at radius 3 is 2.47 bits per heavy atom. The van der Waals surface area contributed by atoms with Crippen LogP contribution in [0.2, 0.25) is 10.0 Å². The van der Waals surface area contributed by atoms with Gasteiger partial charge < -0.3 is 9.47 Å². The number of nitriles is 1. The van der Waals surface area contributed by atoms with Gasteiger partial charge in [0, 0.05) is 11.1 Å². The van der Waals surface area contributed by atoms with Gasteiger partial charge in [-0.2, -0.15) is 5.26 Å². The number of methoxy groups -OCH3 is 1. The number of hydrogen-bond acceptors (Lipinski definition) is 3. The van der Waals surface area contributed by atoms with E-state index in [1.165, 1.54) is 0 Å². The maximum absolute atomic E-state index is 9.05. The molecule has 0 atom stereocenters. The second kappa shape index (κ2) is 5.83. The predicted molar refractivity (Wildman–Crippen MR) is 74.2 cm³/mol. The smallest absolute Gasteiger partial charge is 0.148 e. The minimum Gasteiger partial charge on any atom is -0.497 e. The molecule has 0 saturated heterocycles. The SMILES string of the molecule is COc1ccc(C#N)c(Oc2ccc(Cl)cc2Cl)c1. The van der Waals surface area contributed by atoms with Crippen molar-refractivity contribution in [2.45, 2.75) is 0 Å². The molecule has 0 N–H and O–H groups in total. The van der Waals surface area contributed by atoms with Gasteiger partial charge in [-0.3, -0.25) is 0 Å². The van der Waals surface area contributed by atoms with Crippen LogP contribution in [0.4, 0.5) is 0 Å². The van der Waals surface area contributed by atoms with Crippen molar-refractivity contribution in [3.63, 3.8) is 0 Å². The van der Waals surface area contributed by atoms with E-state index in [0.717, 1.165) is 0 Å². The van der Waals surface area contributed by atoms with E-state index >= 15 is 0 Å². The highest BCUT2D eigenvalue weighted by molar-refractivity contribution is 6.35. The molecule has 0 bridgehead atoms. The molecule has 3 nitrogen and oxygen atoms in total. The highest BCUT2D eigenvalue weighted by Gasteiger charge is 2.09. The van der Waals surface area contributed by atoms with Crippen molar-refractivity contribution in [1.29, 1.82) is 5.26 Å². The van der Waals surface area contributed by atoms with Crippen LogP contribution in [0.1, 0.15) is 5.56 Å². The molecule has 0 aliphatic heterocycles. The summed E-state index contributed by atoms with van der Waals surface area (Å²) in [5, 5.41) is 9.94. The van der Waals surface area contributed by atoms with E-state index in [2.05, 4.69) is 0 Å². The number of nitrogens with zero attached hydrogens (tertiary/aromatic N) is 1. The number of ether oxygens (including phenoxy) is 2. The maximum Gasteiger partial charge on any atom is 0.148 e. The third-order valence-electron chi connectivity index (χ3n) is 2.42. The van der Waals surface area contributed by atoms with E-state index in [1.54, 1.807) is 43.5 Å². The number of benzene rings is 2. The van der Waals surface area contributed by atoms with Crippen LogP contribution in [-0.4, -0.2) is 7.11 Å². The van der Waals surface area contributed by atoms with Crippen LogP contribution >= 0.6 is 23.2 Å². The molecule has 0 fully saturated rings. The fourth-order valence-corrected chi connectivity index (χ4v) is 1.93. The first-order valence-electron chi connectivity index (χ1n) is 5.35. The molecule has 2 aromatic carbocycles. The molecule has 0 unspecified atom stereocenters. The minimum absolute atomic E-state index is 0.374. The molecule has 19 heavy (non-hydrogen) atoms. The minimum atomic E-state index is 0.374. The number of halogens is 2. The third-order valence-corrected chi connectivity index (χ3v) is 2.95. The van der Waals surface area contributed by atoms with E-state index < -0.39 is 0 Å². The summed E-state index contributed by atoms with van der Waals surface area (Å²) in [6, 6.07) is 11.9. The summed E-state index contributed by atoms with van der Waals surface area (Å²) in [6.07, 6.45) is 0. The van der Waals surface area contributed by atoms with Crippen molar-refractivity contribution in [2.24, 2.45) is 0 Å². The summed E-state index contributed by atoms with van der Waals surface area (Å²) in [5.41, 5.74) is 0.395. The van der Waals surface area contributed by atoms with E-state index in [1.807, 2.05) is 6.07 Å². The molecule has 0 aliphatic carbocycles. The molecule has 2 aromatic rings. The first-order chi connectivity index (χ1) is 9.13. The van der Waals surface area contributed by atoms with Gasteiger partial charge in [0.1, 0.15) is 23.3 Å². The molecule has 0 amide bonds. The summed E-state index contributed by atoms with van der Waals surface area (Å²) >= 11 is 11.8. The standard InChI is InChI=1S/C14H9Cl2NO2/c1-18-11-4-2-9(8-17)14(7-11)19-13-5-3-10(15)6-12(13)16/h2-7H,1H3. The van der Waals surface area contributed by atoms with Crippen molar-refractivity contribution >= 4 is 23.2 Å². The van der Waals surface area contributed by atoms with E-state index in [-0.39, 0.29) is 0 Å². The Morgan fingerprint density at radius 2 is 1.84 bits per heavy atom. The molecular weight excluding hydrogens is 285 g/mol. The van der Waals surface area contributed by atoms with E-state index in [4.69, 9.17) is 37.9 Å². The molecule has 0 aromatic heterocycles. The Hall–Kier alpha value is -1.89. The fraction of sp³-hybridized carbons (Fsp3) is 0.0714.